The quantitative estimate of drug-likeness (QED) is 0.391. The Morgan fingerprint density at radius 2 is 1.62 bits per heavy atom. The third-order valence-corrected chi connectivity index (χ3v) is 7.56. The summed E-state index contributed by atoms with van der Waals surface area (Å²) < 4.78 is 39.5. The van der Waals surface area contributed by atoms with Gasteiger partial charge in [-0.25, -0.2) is 8.42 Å². The second kappa shape index (κ2) is 10.9. The highest BCUT2D eigenvalue weighted by Gasteiger charge is 2.28. The lowest BCUT2D eigenvalue weighted by Crippen LogP contribution is -2.41. The standard InChI is InChI=1S/C25H27BrN2O5S/c1-18-8-11-22(12-9-18)34(30,31)28(21-7-5-6-20(26)15-21)17-25(29)27(2)16-19-10-13-23(32-3)24(14-19)33-4/h5-15H,16-17H2,1-4H3. The summed E-state index contributed by atoms with van der Waals surface area (Å²) in [5, 5.41) is 0. The highest BCUT2D eigenvalue weighted by Crippen LogP contribution is 2.29. The molecule has 0 fully saturated rings. The predicted octanol–water partition coefficient (Wildman–Crippen LogP) is 4.63. The Morgan fingerprint density at radius 1 is 0.941 bits per heavy atom. The smallest absolute Gasteiger partial charge is 0.264 e. The second-order valence-corrected chi connectivity index (χ2v) is 10.5. The molecule has 0 aliphatic rings. The minimum atomic E-state index is -3.98. The molecular weight excluding hydrogens is 520 g/mol. The van der Waals surface area contributed by atoms with Gasteiger partial charge in [0.1, 0.15) is 6.54 Å². The summed E-state index contributed by atoms with van der Waals surface area (Å²) >= 11 is 3.39. The maximum atomic E-state index is 13.5. The lowest BCUT2D eigenvalue weighted by molar-refractivity contribution is -0.128. The highest BCUT2D eigenvalue weighted by molar-refractivity contribution is 9.10. The molecule has 0 atom stereocenters. The molecule has 0 saturated carbocycles. The molecule has 9 heteroatoms. The molecule has 3 aromatic carbocycles. The van der Waals surface area contributed by atoms with Crippen LogP contribution in [0.2, 0.25) is 0 Å². The van der Waals surface area contributed by atoms with Gasteiger partial charge < -0.3 is 14.4 Å². The molecule has 7 nitrogen and oxygen atoms in total. The number of nitrogens with zero attached hydrogens (tertiary/aromatic N) is 2. The summed E-state index contributed by atoms with van der Waals surface area (Å²) in [4.78, 5) is 14.8. The van der Waals surface area contributed by atoms with Crippen LogP contribution in [-0.4, -0.2) is 47.0 Å². The van der Waals surface area contributed by atoms with Crippen molar-refractivity contribution in [1.82, 2.24) is 4.90 Å². The van der Waals surface area contributed by atoms with E-state index in [9.17, 15) is 13.2 Å². The van der Waals surface area contributed by atoms with Crippen molar-refractivity contribution in [3.8, 4) is 11.5 Å². The molecule has 0 unspecified atom stereocenters. The van der Waals surface area contributed by atoms with Gasteiger partial charge in [-0.3, -0.25) is 9.10 Å². The molecule has 0 radical (unpaired) electrons. The molecule has 0 aliphatic heterocycles. The van der Waals surface area contributed by atoms with Crippen LogP contribution in [0.5, 0.6) is 11.5 Å². The van der Waals surface area contributed by atoms with Gasteiger partial charge in [-0.15, -0.1) is 0 Å². The van der Waals surface area contributed by atoms with Gasteiger partial charge in [0, 0.05) is 18.1 Å². The number of aryl methyl sites for hydroxylation is 1. The molecule has 180 valence electrons. The fraction of sp³-hybridized carbons (Fsp3) is 0.240. The first-order valence-corrected chi connectivity index (χ1v) is 12.7. The fourth-order valence-electron chi connectivity index (χ4n) is 3.37. The van der Waals surface area contributed by atoms with E-state index in [1.54, 1.807) is 81.9 Å². The number of carbonyl (C=O) groups is 1. The van der Waals surface area contributed by atoms with Crippen LogP contribution in [-0.2, 0) is 21.4 Å². The van der Waals surface area contributed by atoms with Crippen molar-refractivity contribution < 1.29 is 22.7 Å². The SMILES string of the molecule is COc1ccc(CN(C)C(=O)CN(c2cccc(Br)c2)S(=O)(=O)c2ccc(C)cc2)cc1OC. The van der Waals surface area contributed by atoms with Crippen molar-refractivity contribution >= 4 is 37.5 Å². The Bertz CT molecular complexity index is 1260. The first-order chi connectivity index (χ1) is 16.1. The number of halogens is 1. The summed E-state index contributed by atoms with van der Waals surface area (Å²) in [5.41, 5.74) is 2.16. The molecule has 0 bridgehead atoms. The topological polar surface area (TPSA) is 76.2 Å². The number of amides is 1. The fourth-order valence-corrected chi connectivity index (χ4v) is 5.16. The van der Waals surface area contributed by atoms with Crippen molar-refractivity contribution in [2.75, 3.05) is 32.1 Å². The Balaban J connectivity index is 1.89. The number of ether oxygens (including phenoxy) is 2. The van der Waals surface area contributed by atoms with Gasteiger partial charge in [0.2, 0.25) is 5.91 Å². The van der Waals surface area contributed by atoms with Crippen molar-refractivity contribution in [1.29, 1.82) is 0 Å². The Labute approximate surface area is 209 Å². The summed E-state index contributed by atoms with van der Waals surface area (Å²) in [5.74, 6) is 0.786. The molecule has 3 rings (SSSR count). The zero-order chi connectivity index (χ0) is 24.9. The molecule has 0 saturated heterocycles. The van der Waals surface area contributed by atoms with Crippen LogP contribution in [0, 0.1) is 6.92 Å². The van der Waals surface area contributed by atoms with E-state index in [0.717, 1.165) is 15.4 Å². The van der Waals surface area contributed by atoms with E-state index in [1.165, 1.54) is 4.90 Å². The van der Waals surface area contributed by atoms with Crippen molar-refractivity contribution in [3.05, 3.63) is 82.3 Å². The van der Waals surface area contributed by atoms with Gasteiger partial charge in [0.15, 0.2) is 11.5 Å². The predicted molar refractivity (Wildman–Crippen MR) is 136 cm³/mol. The Hall–Kier alpha value is -3.04. The van der Waals surface area contributed by atoms with Crippen LogP contribution >= 0.6 is 15.9 Å². The molecule has 3 aromatic rings. The van der Waals surface area contributed by atoms with Gasteiger partial charge in [-0.05, 0) is 55.0 Å². The average Bonchev–Trinajstić information content (AvgIpc) is 2.82. The molecule has 0 N–H and O–H groups in total. The number of sulfonamides is 1. The lowest BCUT2D eigenvalue weighted by Gasteiger charge is -2.27. The number of likely N-dealkylation sites (N-methyl/N-ethyl adjacent to an activating group) is 1. The maximum Gasteiger partial charge on any atom is 0.264 e. The van der Waals surface area contributed by atoms with E-state index in [1.807, 2.05) is 13.0 Å². The van der Waals surface area contributed by atoms with E-state index in [4.69, 9.17) is 9.47 Å². The number of hydrogen-bond acceptors (Lipinski definition) is 5. The Kier molecular flexibility index (Phi) is 8.22. The number of rotatable bonds is 9. The van der Waals surface area contributed by atoms with Crippen LogP contribution in [0.25, 0.3) is 0 Å². The number of carbonyl (C=O) groups excluding carboxylic acids is 1. The minimum absolute atomic E-state index is 0.119. The monoisotopic (exact) mass is 546 g/mol. The zero-order valence-corrected chi connectivity index (χ0v) is 21.9. The molecule has 0 aliphatic carbocycles. The third kappa shape index (κ3) is 5.90. The highest BCUT2D eigenvalue weighted by atomic mass is 79.9. The van der Waals surface area contributed by atoms with Gasteiger partial charge in [-0.2, -0.15) is 0 Å². The van der Waals surface area contributed by atoms with Crippen molar-refractivity contribution in [2.45, 2.75) is 18.4 Å². The first kappa shape index (κ1) is 25.6. The number of hydrogen-bond donors (Lipinski definition) is 0. The average molecular weight is 547 g/mol. The Morgan fingerprint density at radius 3 is 2.24 bits per heavy atom. The lowest BCUT2D eigenvalue weighted by atomic mass is 10.2. The molecule has 1 amide bonds. The first-order valence-electron chi connectivity index (χ1n) is 10.5. The molecule has 0 aromatic heterocycles. The number of anilines is 1. The van der Waals surface area contributed by atoms with Gasteiger partial charge in [0.05, 0.1) is 24.8 Å². The van der Waals surface area contributed by atoms with Crippen LogP contribution in [0.3, 0.4) is 0 Å². The van der Waals surface area contributed by atoms with Gasteiger partial charge in [0.25, 0.3) is 10.0 Å². The van der Waals surface area contributed by atoms with Gasteiger partial charge >= 0.3 is 0 Å². The van der Waals surface area contributed by atoms with Crippen LogP contribution in [0.15, 0.2) is 76.1 Å². The van der Waals surface area contributed by atoms with E-state index in [2.05, 4.69) is 15.9 Å². The molecule has 0 spiro atoms. The third-order valence-electron chi connectivity index (χ3n) is 5.28. The number of methoxy groups -OCH3 is 2. The van der Waals surface area contributed by atoms with E-state index in [0.29, 0.717) is 21.7 Å². The number of benzene rings is 3. The molecule has 34 heavy (non-hydrogen) atoms. The van der Waals surface area contributed by atoms with Crippen LogP contribution in [0.1, 0.15) is 11.1 Å². The van der Waals surface area contributed by atoms with Crippen molar-refractivity contribution in [2.24, 2.45) is 0 Å². The summed E-state index contributed by atoms with van der Waals surface area (Å²) in [6.07, 6.45) is 0. The zero-order valence-electron chi connectivity index (χ0n) is 19.5. The molecule has 0 heterocycles. The van der Waals surface area contributed by atoms with E-state index >= 15 is 0 Å². The largest absolute Gasteiger partial charge is 0.493 e. The summed E-state index contributed by atoms with van der Waals surface area (Å²) in [6.45, 7) is 1.81. The second-order valence-electron chi connectivity index (χ2n) is 7.74. The van der Waals surface area contributed by atoms with Crippen LogP contribution < -0.4 is 13.8 Å². The van der Waals surface area contributed by atoms with E-state index in [-0.39, 0.29) is 23.9 Å². The summed E-state index contributed by atoms with van der Waals surface area (Å²) in [7, 11) is 0.753. The van der Waals surface area contributed by atoms with Crippen LogP contribution in [0.4, 0.5) is 5.69 Å². The maximum absolute atomic E-state index is 13.5. The van der Waals surface area contributed by atoms with Crippen molar-refractivity contribution in [3.63, 3.8) is 0 Å². The normalized spacial score (nSPS) is 11.1. The van der Waals surface area contributed by atoms with Gasteiger partial charge in [-0.1, -0.05) is 45.8 Å². The van der Waals surface area contributed by atoms with E-state index < -0.39 is 10.0 Å². The summed E-state index contributed by atoms with van der Waals surface area (Å²) in [6, 6.07) is 18.8. The molecular formula is C25H27BrN2O5S. The minimum Gasteiger partial charge on any atom is -0.493 e.